The van der Waals surface area contributed by atoms with Crippen molar-refractivity contribution in [3.8, 4) is 11.4 Å². The fourth-order valence-electron chi connectivity index (χ4n) is 1.13. The van der Waals surface area contributed by atoms with Crippen LogP contribution < -0.4 is 5.73 Å². The number of aromatic nitrogens is 5. The normalized spacial score (nSPS) is 10.6. The van der Waals surface area contributed by atoms with Gasteiger partial charge in [0, 0.05) is 7.05 Å². The summed E-state index contributed by atoms with van der Waals surface area (Å²) in [7, 11) is 1.74. The molecule has 2 rings (SSSR count). The molecule has 2 N–H and O–H groups in total. The van der Waals surface area contributed by atoms with Crippen molar-refractivity contribution in [1.29, 1.82) is 0 Å². The Morgan fingerprint density at radius 3 is 2.80 bits per heavy atom. The Bertz CT molecular complexity index is 491. The maximum absolute atomic E-state index is 5.99. The molecule has 0 radical (unpaired) electrons. The van der Waals surface area contributed by atoms with Crippen molar-refractivity contribution in [2.24, 2.45) is 7.05 Å². The summed E-state index contributed by atoms with van der Waals surface area (Å²) < 4.78 is 2.11. The van der Waals surface area contributed by atoms with E-state index in [4.69, 9.17) is 17.3 Å². The molecule has 0 saturated carbocycles. The summed E-state index contributed by atoms with van der Waals surface area (Å²) in [5.74, 6) is 0.231. The van der Waals surface area contributed by atoms with E-state index >= 15 is 0 Å². The number of nitrogens with two attached hydrogens (primary N) is 1. The molecule has 2 aromatic rings. The number of aryl methyl sites for hydroxylation is 1. The van der Waals surface area contributed by atoms with Crippen LogP contribution in [-0.2, 0) is 7.05 Å². The Morgan fingerprint density at radius 2 is 2.20 bits per heavy atom. The first kappa shape index (κ1) is 10.3. The van der Waals surface area contributed by atoms with Crippen molar-refractivity contribution in [2.75, 3.05) is 5.73 Å². The molecular formula is C7H6BrClN6. The Morgan fingerprint density at radius 1 is 1.47 bits per heavy atom. The van der Waals surface area contributed by atoms with Crippen LogP contribution in [-0.4, -0.2) is 25.0 Å². The highest BCUT2D eigenvalue weighted by atomic mass is 79.9. The van der Waals surface area contributed by atoms with Crippen LogP contribution in [0.2, 0.25) is 5.02 Å². The molecular weight excluding hydrogens is 283 g/mol. The summed E-state index contributed by atoms with van der Waals surface area (Å²) in [6.07, 6.45) is 1.34. The van der Waals surface area contributed by atoms with Gasteiger partial charge in [0.25, 0.3) is 0 Å². The Kier molecular flexibility index (Phi) is 2.57. The largest absolute Gasteiger partial charge is 0.382 e. The quantitative estimate of drug-likeness (QED) is 0.855. The van der Waals surface area contributed by atoms with Gasteiger partial charge in [0.05, 0.1) is 0 Å². The number of hydrogen-bond acceptors (Lipinski definition) is 5. The van der Waals surface area contributed by atoms with Crippen LogP contribution >= 0.6 is 27.5 Å². The Balaban J connectivity index is 2.69. The third kappa shape index (κ3) is 1.68. The van der Waals surface area contributed by atoms with Crippen LogP contribution in [0.1, 0.15) is 0 Å². The minimum absolute atomic E-state index is 0.231. The highest BCUT2D eigenvalue weighted by molar-refractivity contribution is 9.10. The fraction of sp³-hybridized carbons (Fsp3) is 0.143. The van der Waals surface area contributed by atoms with E-state index in [1.54, 1.807) is 11.7 Å². The minimum atomic E-state index is 0.231. The molecule has 0 aromatic carbocycles. The van der Waals surface area contributed by atoms with Crippen LogP contribution in [0.15, 0.2) is 10.9 Å². The van der Waals surface area contributed by atoms with Crippen molar-refractivity contribution in [3.63, 3.8) is 0 Å². The van der Waals surface area contributed by atoms with E-state index in [1.807, 2.05) is 0 Å². The van der Waals surface area contributed by atoms with Gasteiger partial charge in [-0.25, -0.2) is 14.6 Å². The van der Waals surface area contributed by atoms with Crippen molar-refractivity contribution < 1.29 is 0 Å². The van der Waals surface area contributed by atoms with Crippen LogP contribution in [0.25, 0.3) is 11.4 Å². The smallest absolute Gasteiger partial charge is 0.157 e. The summed E-state index contributed by atoms with van der Waals surface area (Å²) in [6.45, 7) is 0. The molecule has 78 valence electrons. The van der Waals surface area contributed by atoms with Gasteiger partial charge in [-0.3, -0.25) is 0 Å². The molecule has 0 aliphatic carbocycles. The molecule has 0 unspecified atom stereocenters. The van der Waals surface area contributed by atoms with Gasteiger partial charge >= 0.3 is 0 Å². The summed E-state index contributed by atoms with van der Waals surface area (Å²) in [4.78, 5) is 7.83. The number of nitrogen functional groups attached to an aromatic ring is 1. The lowest BCUT2D eigenvalue weighted by molar-refractivity contribution is 0.718. The second-order valence-electron chi connectivity index (χ2n) is 2.77. The summed E-state index contributed by atoms with van der Waals surface area (Å²) in [6, 6.07) is 0. The third-order valence-electron chi connectivity index (χ3n) is 1.83. The van der Waals surface area contributed by atoms with Crippen molar-refractivity contribution in [2.45, 2.75) is 0 Å². The van der Waals surface area contributed by atoms with E-state index < -0.39 is 0 Å². The number of nitrogens with zero attached hydrogens (tertiary/aromatic N) is 5. The first-order chi connectivity index (χ1) is 7.11. The maximum Gasteiger partial charge on any atom is 0.157 e. The van der Waals surface area contributed by atoms with Gasteiger partial charge in [-0.2, -0.15) is 0 Å². The topological polar surface area (TPSA) is 82.5 Å². The van der Waals surface area contributed by atoms with Gasteiger partial charge in [-0.1, -0.05) is 16.8 Å². The zero-order valence-corrected chi connectivity index (χ0v) is 9.99. The van der Waals surface area contributed by atoms with Crippen LogP contribution in [0.3, 0.4) is 0 Å². The van der Waals surface area contributed by atoms with E-state index in [1.165, 1.54) is 6.33 Å². The van der Waals surface area contributed by atoms with E-state index in [2.05, 4.69) is 36.2 Å². The number of halogens is 2. The lowest BCUT2D eigenvalue weighted by Gasteiger charge is -2.04. The minimum Gasteiger partial charge on any atom is -0.382 e. The van der Waals surface area contributed by atoms with E-state index in [-0.39, 0.29) is 5.82 Å². The highest BCUT2D eigenvalue weighted by Gasteiger charge is 2.17. The molecule has 15 heavy (non-hydrogen) atoms. The van der Waals surface area contributed by atoms with E-state index in [0.29, 0.717) is 21.0 Å². The monoisotopic (exact) mass is 288 g/mol. The maximum atomic E-state index is 5.99. The van der Waals surface area contributed by atoms with Gasteiger partial charge in [0.15, 0.2) is 4.60 Å². The molecule has 8 heteroatoms. The molecule has 0 amide bonds. The molecule has 0 fully saturated rings. The zero-order chi connectivity index (χ0) is 11.0. The van der Waals surface area contributed by atoms with E-state index in [9.17, 15) is 0 Å². The average molecular weight is 290 g/mol. The molecule has 0 bridgehead atoms. The first-order valence-electron chi connectivity index (χ1n) is 3.92. The highest BCUT2D eigenvalue weighted by Crippen LogP contribution is 2.31. The SMILES string of the molecule is Cn1nnc(Br)c1-c1ncnc(N)c1Cl. The lowest BCUT2D eigenvalue weighted by Crippen LogP contribution is -2.00. The fourth-order valence-corrected chi connectivity index (χ4v) is 1.83. The van der Waals surface area contributed by atoms with Gasteiger partial charge < -0.3 is 5.73 Å². The van der Waals surface area contributed by atoms with Gasteiger partial charge in [-0.05, 0) is 15.9 Å². The molecule has 0 aliphatic rings. The predicted octanol–water partition coefficient (Wildman–Crippen LogP) is 1.27. The summed E-state index contributed by atoms with van der Waals surface area (Å²) >= 11 is 9.25. The number of anilines is 1. The molecule has 2 heterocycles. The Hall–Kier alpha value is -1.21. The number of rotatable bonds is 1. The van der Waals surface area contributed by atoms with Crippen molar-refractivity contribution in [3.05, 3.63) is 16.0 Å². The van der Waals surface area contributed by atoms with Gasteiger partial charge in [-0.15, -0.1) is 5.10 Å². The zero-order valence-electron chi connectivity index (χ0n) is 7.65. The van der Waals surface area contributed by atoms with Crippen molar-refractivity contribution >= 4 is 33.3 Å². The molecule has 0 aliphatic heterocycles. The van der Waals surface area contributed by atoms with Crippen LogP contribution in [0.5, 0.6) is 0 Å². The molecule has 2 aromatic heterocycles. The van der Waals surface area contributed by atoms with Crippen LogP contribution in [0.4, 0.5) is 5.82 Å². The second kappa shape index (κ2) is 3.74. The molecule has 6 nitrogen and oxygen atoms in total. The first-order valence-corrected chi connectivity index (χ1v) is 5.10. The molecule has 0 spiro atoms. The number of hydrogen-bond donors (Lipinski definition) is 1. The predicted molar refractivity (Wildman–Crippen MR) is 59.2 cm³/mol. The van der Waals surface area contributed by atoms with Crippen molar-refractivity contribution in [1.82, 2.24) is 25.0 Å². The average Bonchev–Trinajstić information content (AvgIpc) is 2.52. The third-order valence-corrected chi connectivity index (χ3v) is 2.73. The molecule has 0 atom stereocenters. The van der Waals surface area contributed by atoms with E-state index in [0.717, 1.165) is 0 Å². The summed E-state index contributed by atoms with van der Waals surface area (Å²) in [5.41, 5.74) is 6.74. The second-order valence-corrected chi connectivity index (χ2v) is 3.90. The summed E-state index contributed by atoms with van der Waals surface area (Å²) in [5, 5.41) is 7.95. The lowest BCUT2D eigenvalue weighted by atomic mass is 10.3. The van der Waals surface area contributed by atoms with Crippen LogP contribution in [0, 0.1) is 0 Å². The Labute approximate surface area is 98.6 Å². The standard InChI is InChI=1S/C7H6BrClN6/c1-15-5(6(8)13-14-15)4-3(9)7(10)12-2-11-4/h2H,1H3,(H2,10,11,12). The van der Waals surface area contributed by atoms with Gasteiger partial charge in [0.2, 0.25) is 0 Å². The molecule has 0 saturated heterocycles. The van der Waals surface area contributed by atoms with Gasteiger partial charge in [0.1, 0.15) is 28.6 Å².